The number of amides is 1. The Morgan fingerprint density at radius 3 is 2.18 bits per heavy atom. The largest absolute Gasteiger partial charge is 0.508 e. The minimum Gasteiger partial charge on any atom is -0.435 e. The highest BCUT2D eigenvalue weighted by molar-refractivity contribution is 5.75. The molecule has 0 heterocycles. The molecule has 0 radical (unpaired) electrons. The van der Waals surface area contributed by atoms with E-state index >= 15 is 0 Å². The Hall–Kier alpha value is -1.26. The second-order valence-electron chi connectivity index (χ2n) is 5.46. The van der Waals surface area contributed by atoms with Gasteiger partial charge in [0, 0.05) is 13.0 Å². The third-order valence-electron chi connectivity index (χ3n) is 3.38. The zero-order chi connectivity index (χ0) is 16.5. The summed E-state index contributed by atoms with van der Waals surface area (Å²) in [4.78, 5) is 22.5. The van der Waals surface area contributed by atoms with E-state index in [2.05, 4.69) is 17.0 Å². The summed E-state index contributed by atoms with van der Waals surface area (Å²) in [6.45, 7) is 5.35. The lowest BCUT2D eigenvalue weighted by atomic mass is 10.1. The predicted octanol–water partition coefficient (Wildman–Crippen LogP) is 4.20. The molecule has 5 nitrogen and oxygen atoms in total. The first kappa shape index (κ1) is 20.7. The molecule has 0 spiro atoms. The molecule has 0 aromatic carbocycles. The van der Waals surface area contributed by atoms with Crippen LogP contribution in [0, 0.1) is 0 Å². The van der Waals surface area contributed by atoms with Crippen molar-refractivity contribution in [2.45, 2.75) is 78.1 Å². The number of hydrogen-bond donors (Lipinski definition) is 1. The van der Waals surface area contributed by atoms with Crippen molar-refractivity contribution in [1.29, 1.82) is 0 Å². The molecule has 0 bridgehead atoms. The minimum absolute atomic E-state index is 0.0853. The number of carbonyl (C=O) groups is 2. The van der Waals surface area contributed by atoms with Gasteiger partial charge in [0.2, 0.25) is 5.91 Å². The SMILES string of the molecule is CCCCCCCCCNC(=O)CCCCOC(=O)OCC. The van der Waals surface area contributed by atoms with Crippen molar-refractivity contribution in [2.75, 3.05) is 19.8 Å². The number of carbonyl (C=O) groups excluding carboxylic acids is 2. The van der Waals surface area contributed by atoms with E-state index in [-0.39, 0.29) is 5.91 Å². The topological polar surface area (TPSA) is 64.6 Å². The molecule has 0 rings (SSSR count). The van der Waals surface area contributed by atoms with Crippen molar-refractivity contribution in [3.63, 3.8) is 0 Å². The molecule has 0 fully saturated rings. The molecule has 0 unspecified atom stereocenters. The summed E-state index contributed by atoms with van der Waals surface area (Å²) in [5.74, 6) is 0.0853. The van der Waals surface area contributed by atoms with Gasteiger partial charge in [0.05, 0.1) is 13.2 Å². The lowest BCUT2D eigenvalue weighted by Crippen LogP contribution is -2.24. The Bertz CT molecular complexity index is 282. The number of ether oxygens (including phenoxy) is 2. The van der Waals surface area contributed by atoms with Crippen molar-refractivity contribution in [1.82, 2.24) is 5.32 Å². The van der Waals surface area contributed by atoms with Crippen LogP contribution in [0.2, 0.25) is 0 Å². The first-order valence-corrected chi connectivity index (χ1v) is 8.77. The van der Waals surface area contributed by atoms with Crippen LogP contribution in [0.1, 0.15) is 78.1 Å². The van der Waals surface area contributed by atoms with E-state index in [0.717, 1.165) is 19.4 Å². The highest BCUT2D eigenvalue weighted by Crippen LogP contribution is 2.06. The van der Waals surface area contributed by atoms with Gasteiger partial charge in [-0.05, 0) is 26.2 Å². The van der Waals surface area contributed by atoms with Crippen LogP contribution in [0.25, 0.3) is 0 Å². The second-order valence-corrected chi connectivity index (χ2v) is 5.46. The van der Waals surface area contributed by atoms with E-state index in [9.17, 15) is 9.59 Å². The van der Waals surface area contributed by atoms with Crippen molar-refractivity contribution >= 4 is 12.1 Å². The fraction of sp³-hybridized carbons (Fsp3) is 0.882. The molecule has 0 aliphatic heterocycles. The van der Waals surface area contributed by atoms with Gasteiger partial charge in [-0.3, -0.25) is 4.79 Å². The molecular weight excluding hydrogens is 282 g/mol. The molecule has 1 amide bonds. The van der Waals surface area contributed by atoms with Crippen LogP contribution in [0.3, 0.4) is 0 Å². The van der Waals surface area contributed by atoms with E-state index < -0.39 is 6.16 Å². The molecule has 0 atom stereocenters. The van der Waals surface area contributed by atoms with Crippen LogP contribution in [0.15, 0.2) is 0 Å². The lowest BCUT2D eigenvalue weighted by Gasteiger charge is -2.06. The summed E-state index contributed by atoms with van der Waals surface area (Å²) in [5, 5.41) is 2.93. The van der Waals surface area contributed by atoms with Gasteiger partial charge in [-0.25, -0.2) is 4.79 Å². The quantitative estimate of drug-likeness (QED) is 0.385. The molecule has 5 heteroatoms. The Kier molecular flexibility index (Phi) is 15.2. The number of rotatable bonds is 14. The van der Waals surface area contributed by atoms with E-state index in [0.29, 0.717) is 26.1 Å². The van der Waals surface area contributed by atoms with Crippen LogP contribution in [-0.4, -0.2) is 31.8 Å². The first-order chi connectivity index (χ1) is 10.7. The molecule has 0 saturated carbocycles. The summed E-state index contributed by atoms with van der Waals surface area (Å²) in [6, 6.07) is 0. The van der Waals surface area contributed by atoms with Crippen LogP contribution < -0.4 is 5.32 Å². The van der Waals surface area contributed by atoms with Gasteiger partial charge in [-0.1, -0.05) is 45.4 Å². The zero-order valence-corrected chi connectivity index (χ0v) is 14.3. The molecule has 130 valence electrons. The van der Waals surface area contributed by atoms with Gasteiger partial charge < -0.3 is 14.8 Å². The molecule has 0 aromatic heterocycles. The average Bonchev–Trinajstić information content (AvgIpc) is 2.50. The van der Waals surface area contributed by atoms with Crippen LogP contribution >= 0.6 is 0 Å². The normalized spacial score (nSPS) is 10.3. The predicted molar refractivity (Wildman–Crippen MR) is 87.8 cm³/mol. The standard InChI is InChI=1S/C17H33NO4/c1-3-5-6-7-8-9-11-14-18-16(19)13-10-12-15-22-17(20)21-4-2/h3-15H2,1-2H3,(H,18,19). The highest BCUT2D eigenvalue weighted by atomic mass is 16.7. The van der Waals surface area contributed by atoms with Gasteiger partial charge in [0.1, 0.15) is 0 Å². The maximum atomic E-state index is 11.6. The second kappa shape index (κ2) is 16.1. The number of unbranched alkanes of at least 4 members (excludes halogenated alkanes) is 7. The average molecular weight is 315 g/mol. The molecule has 0 aliphatic carbocycles. The van der Waals surface area contributed by atoms with E-state index in [1.165, 1.54) is 38.5 Å². The van der Waals surface area contributed by atoms with Crippen LogP contribution in [0.4, 0.5) is 4.79 Å². The highest BCUT2D eigenvalue weighted by Gasteiger charge is 2.03. The van der Waals surface area contributed by atoms with Gasteiger partial charge in [-0.15, -0.1) is 0 Å². The first-order valence-electron chi connectivity index (χ1n) is 8.77. The van der Waals surface area contributed by atoms with Gasteiger partial charge in [-0.2, -0.15) is 0 Å². The Morgan fingerprint density at radius 1 is 0.818 bits per heavy atom. The van der Waals surface area contributed by atoms with E-state index in [4.69, 9.17) is 4.74 Å². The zero-order valence-electron chi connectivity index (χ0n) is 14.3. The molecule has 0 aliphatic rings. The van der Waals surface area contributed by atoms with Crippen LogP contribution in [0.5, 0.6) is 0 Å². The molecule has 0 saturated heterocycles. The molecule has 22 heavy (non-hydrogen) atoms. The maximum absolute atomic E-state index is 11.6. The summed E-state index contributed by atoms with van der Waals surface area (Å²) in [5.41, 5.74) is 0. The fourth-order valence-electron chi connectivity index (χ4n) is 2.10. The third-order valence-corrected chi connectivity index (χ3v) is 3.38. The smallest absolute Gasteiger partial charge is 0.435 e. The Morgan fingerprint density at radius 2 is 1.50 bits per heavy atom. The van der Waals surface area contributed by atoms with Gasteiger partial charge in [0.25, 0.3) is 0 Å². The van der Waals surface area contributed by atoms with E-state index in [1.54, 1.807) is 6.92 Å². The fourth-order valence-corrected chi connectivity index (χ4v) is 2.10. The summed E-state index contributed by atoms with van der Waals surface area (Å²) in [6.07, 6.45) is 10.0. The molecule has 1 N–H and O–H groups in total. The lowest BCUT2D eigenvalue weighted by molar-refractivity contribution is -0.121. The van der Waals surface area contributed by atoms with Crippen molar-refractivity contribution < 1.29 is 19.1 Å². The van der Waals surface area contributed by atoms with Crippen molar-refractivity contribution in [3.8, 4) is 0 Å². The van der Waals surface area contributed by atoms with Crippen molar-refractivity contribution in [3.05, 3.63) is 0 Å². The van der Waals surface area contributed by atoms with Gasteiger partial charge in [0.15, 0.2) is 0 Å². The molecular formula is C17H33NO4. The third kappa shape index (κ3) is 15.1. The van der Waals surface area contributed by atoms with Crippen LogP contribution in [-0.2, 0) is 14.3 Å². The van der Waals surface area contributed by atoms with E-state index in [1.807, 2.05) is 0 Å². The Balaban J connectivity index is 3.24. The Labute approximate surface area is 135 Å². The number of hydrogen-bond acceptors (Lipinski definition) is 4. The maximum Gasteiger partial charge on any atom is 0.508 e. The molecule has 0 aromatic rings. The summed E-state index contributed by atoms with van der Waals surface area (Å²) >= 11 is 0. The summed E-state index contributed by atoms with van der Waals surface area (Å²) in [7, 11) is 0. The van der Waals surface area contributed by atoms with Crippen molar-refractivity contribution in [2.24, 2.45) is 0 Å². The number of nitrogens with one attached hydrogen (secondary N) is 1. The minimum atomic E-state index is -0.633. The monoisotopic (exact) mass is 315 g/mol. The summed E-state index contributed by atoms with van der Waals surface area (Å²) < 4.78 is 9.46. The van der Waals surface area contributed by atoms with Gasteiger partial charge >= 0.3 is 6.16 Å².